The van der Waals surface area contributed by atoms with Gasteiger partial charge in [-0.05, 0) is 29.8 Å². The van der Waals surface area contributed by atoms with Crippen molar-refractivity contribution < 1.29 is 0 Å². The number of fused-ring (bicyclic) bond motifs is 1. The Kier molecular flexibility index (Phi) is 2.36. The Morgan fingerprint density at radius 3 is 2.67 bits per heavy atom. The first-order chi connectivity index (χ1) is 7.08. The van der Waals surface area contributed by atoms with Crippen molar-refractivity contribution in [3.8, 4) is 0 Å². The van der Waals surface area contributed by atoms with E-state index in [2.05, 4.69) is 9.97 Å². The van der Waals surface area contributed by atoms with Gasteiger partial charge in [-0.25, -0.2) is 4.98 Å². The van der Waals surface area contributed by atoms with E-state index in [-0.39, 0.29) is 5.28 Å². The van der Waals surface area contributed by atoms with Crippen LogP contribution in [0.4, 0.5) is 11.5 Å². The average Bonchev–Trinajstić information content (AvgIpc) is 2.17. The highest BCUT2D eigenvalue weighted by atomic mass is 35.5. The molecule has 0 radical (unpaired) electrons. The third-order valence-corrected chi connectivity index (χ3v) is 2.27. The number of nitrogens with zero attached hydrogens (tertiary/aromatic N) is 3. The molecule has 78 valence electrons. The van der Waals surface area contributed by atoms with Crippen LogP contribution in [-0.2, 0) is 0 Å². The number of nitrogens with two attached hydrogens (primary N) is 1. The summed E-state index contributed by atoms with van der Waals surface area (Å²) in [6.45, 7) is 0. The first-order valence-corrected chi connectivity index (χ1v) is 4.86. The van der Waals surface area contributed by atoms with Gasteiger partial charge in [0, 0.05) is 25.2 Å². The number of anilines is 2. The van der Waals surface area contributed by atoms with E-state index >= 15 is 0 Å². The highest BCUT2D eigenvalue weighted by Crippen LogP contribution is 2.25. The van der Waals surface area contributed by atoms with E-state index in [1.54, 1.807) is 6.07 Å². The van der Waals surface area contributed by atoms with Crippen molar-refractivity contribution in [1.29, 1.82) is 0 Å². The molecule has 0 aliphatic rings. The molecule has 1 aromatic heterocycles. The standard InChI is InChI=1S/C10H11ClN4/c1-15(2)9-7-5-6(12)3-4-8(7)13-10(11)14-9/h3-5H,12H2,1-2H3. The molecule has 0 fully saturated rings. The normalized spacial score (nSPS) is 10.6. The van der Waals surface area contributed by atoms with Gasteiger partial charge >= 0.3 is 0 Å². The van der Waals surface area contributed by atoms with Gasteiger partial charge in [0.05, 0.1) is 5.52 Å². The van der Waals surface area contributed by atoms with Crippen molar-refractivity contribution in [2.45, 2.75) is 0 Å². The fourth-order valence-electron chi connectivity index (χ4n) is 1.44. The van der Waals surface area contributed by atoms with Gasteiger partial charge in [-0.1, -0.05) is 0 Å². The van der Waals surface area contributed by atoms with E-state index in [0.29, 0.717) is 5.69 Å². The van der Waals surface area contributed by atoms with E-state index < -0.39 is 0 Å². The van der Waals surface area contributed by atoms with Crippen LogP contribution in [0.25, 0.3) is 10.9 Å². The average molecular weight is 223 g/mol. The maximum Gasteiger partial charge on any atom is 0.224 e. The van der Waals surface area contributed by atoms with Crippen LogP contribution in [0, 0.1) is 0 Å². The fourth-order valence-corrected chi connectivity index (χ4v) is 1.61. The summed E-state index contributed by atoms with van der Waals surface area (Å²) in [5.41, 5.74) is 7.21. The zero-order valence-corrected chi connectivity index (χ0v) is 9.28. The minimum absolute atomic E-state index is 0.246. The predicted octanol–water partition coefficient (Wildman–Crippen LogP) is 1.93. The van der Waals surface area contributed by atoms with E-state index in [1.807, 2.05) is 31.1 Å². The minimum Gasteiger partial charge on any atom is -0.399 e. The lowest BCUT2D eigenvalue weighted by Gasteiger charge is -2.14. The molecular weight excluding hydrogens is 212 g/mol. The topological polar surface area (TPSA) is 55.0 Å². The largest absolute Gasteiger partial charge is 0.399 e. The lowest BCUT2D eigenvalue weighted by molar-refractivity contribution is 1.06. The summed E-state index contributed by atoms with van der Waals surface area (Å²) < 4.78 is 0. The number of rotatable bonds is 1. The maximum absolute atomic E-state index is 5.83. The SMILES string of the molecule is CN(C)c1nc(Cl)nc2ccc(N)cc12. The molecule has 0 unspecified atom stereocenters. The van der Waals surface area contributed by atoms with Crippen molar-refractivity contribution in [3.05, 3.63) is 23.5 Å². The van der Waals surface area contributed by atoms with Gasteiger partial charge in [0.2, 0.25) is 5.28 Å². The molecule has 0 saturated heterocycles. The molecule has 0 amide bonds. The Bertz CT molecular complexity index is 510. The molecule has 0 bridgehead atoms. The van der Waals surface area contributed by atoms with Crippen LogP contribution < -0.4 is 10.6 Å². The van der Waals surface area contributed by atoms with Crippen LogP contribution in [-0.4, -0.2) is 24.1 Å². The third-order valence-electron chi connectivity index (χ3n) is 2.10. The quantitative estimate of drug-likeness (QED) is 0.592. The molecule has 0 saturated carbocycles. The van der Waals surface area contributed by atoms with Gasteiger partial charge in [0.15, 0.2) is 0 Å². The Balaban J connectivity index is 2.81. The first-order valence-electron chi connectivity index (χ1n) is 4.48. The lowest BCUT2D eigenvalue weighted by Crippen LogP contribution is -2.11. The molecule has 4 nitrogen and oxygen atoms in total. The van der Waals surface area contributed by atoms with Crippen molar-refractivity contribution in [3.63, 3.8) is 0 Å². The summed E-state index contributed by atoms with van der Waals surface area (Å²) in [6.07, 6.45) is 0. The van der Waals surface area contributed by atoms with Gasteiger partial charge in [0.25, 0.3) is 0 Å². The van der Waals surface area contributed by atoms with E-state index in [1.165, 1.54) is 0 Å². The summed E-state index contributed by atoms with van der Waals surface area (Å²) in [4.78, 5) is 10.2. The number of nitrogen functional groups attached to an aromatic ring is 1. The van der Waals surface area contributed by atoms with Crippen molar-refractivity contribution in [2.24, 2.45) is 0 Å². The molecule has 1 heterocycles. The van der Waals surface area contributed by atoms with Crippen LogP contribution >= 0.6 is 11.6 Å². The van der Waals surface area contributed by atoms with Gasteiger partial charge in [0.1, 0.15) is 5.82 Å². The second kappa shape index (κ2) is 3.55. The molecule has 15 heavy (non-hydrogen) atoms. The summed E-state index contributed by atoms with van der Waals surface area (Å²) >= 11 is 5.83. The maximum atomic E-state index is 5.83. The second-order valence-electron chi connectivity index (χ2n) is 3.49. The van der Waals surface area contributed by atoms with Crippen LogP contribution in [0.2, 0.25) is 5.28 Å². The number of hydrogen-bond donors (Lipinski definition) is 1. The summed E-state index contributed by atoms with van der Waals surface area (Å²) in [6, 6.07) is 5.48. The van der Waals surface area contributed by atoms with Gasteiger partial charge in [-0.2, -0.15) is 4.98 Å². The van der Waals surface area contributed by atoms with Gasteiger partial charge in [-0.15, -0.1) is 0 Å². The number of hydrogen-bond acceptors (Lipinski definition) is 4. The smallest absolute Gasteiger partial charge is 0.224 e. The summed E-state index contributed by atoms with van der Waals surface area (Å²) in [7, 11) is 3.81. The van der Waals surface area contributed by atoms with Crippen LogP contribution in [0.1, 0.15) is 0 Å². The van der Waals surface area contributed by atoms with Gasteiger partial charge in [-0.3, -0.25) is 0 Å². The molecule has 2 N–H and O–H groups in total. The Hall–Kier alpha value is -1.55. The molecule has 1 aromatic carbocycles. The van der Waals surface area contributed by atoms with E-state index in [4.69, 9.17) is 17.3 Å². The lowest BCUT2D eigenvalue weighted by atomic mass is 10.2. The van der Waals surface area contributed by atoms with Crippen LogP contribution in [0.5, 0.6) is 0 Å². The Morgan fingerprint density at radius 1 is 1.27 bits per heavy atom. The van der Waals surface area contributed by atoms with Crippen molar-refractivity contribution in [2.75, 3.05) is 24.7 Å². The number of benzene rings is 1. The summed E-state index contributed by atoms with van der Waals surface area (Å²) in [5, 5.41) is 1.15. The summed E-state index contributed by atoms with van der Waals surface area (Å²) in [5.74, 6) is 0.775. The third kappa shape index (κ3) is 1.80. The number of aromatic nitrogens is 2. The molecule has 2 rings (SSSR count). The Labute approximate surface area is 92.7 Å². The second-order valence-corrected chi connectivity index (χ2v) is 3.83. The van der Waals surface area contributed by atoms with Crippen molar-refractivity contribution >= 4 is 34.0 Å². The Morgan fingerprint density at radius 2 is 2.00 bits per heavy atom. The monoisotopic (exact) mass is 222 g/mol. The molecule has 0 atom stereocenters. The van der Waals surface area contributed by atoms with E-state index in [9.17, 15) is 0 Å². The zero-order chi connectivity index (χ0) is 11.0. The van der Waals surface area contributed by atoms with Gasteiger partial charge < -0.3 is 10.6 Å². The van der Waals surface area contributed by atoms with Crippen molar-refractivity contribution in [1.82, 2.24) is 9.97 Å². The van der Waals surface area contributed by atoms with Crippen LogP contribution in [0.15, 0.2) is 18.2 Å². The molecule has 0 aliphatic carbocycles. The van der Waals surface area contributed by atoms with Crippen LogP contribution in [0.3, 0.4) is 0 Å². The molecule has 0 spiro atoms. The highest BCUT2D eigenvalue weighted by molar-refractivity contribution is 6.28. The molecular formula is C10H11ClN4. The first kappa shape index (κ1) is 9.98. The molecule has 2 aromatic rings. The number of halogens is 1. The minimum atomic E-state index is 0.246. The molecule has 0 aliphatic heterocycles. The van der Waals surface area contributed by atoms with E-state index in [0.717, 1.165) is 16.7 Å². The molecule has 5 heteroatoms. The zero-order valence-electron chi connectivity index (χ0n) is 8.53. The highest BCUT2D eigenvalue weighted by Gasteiger charge is 2.08. The fraction of sp³-hybridized carbons (Fsp3) is 0.200. The predicted molar refractivity (Wildman–Crippen MR) is 63.3 cm³/mol.